The van der Waals surface area contributed by atoms with Gasteiger partial charge in [0.2, 0.25) is 0 Å². The summed E-state index contributed by atoms with van der Waals surface area (Å²) in [6, 6.07) is 6.29. The van der Waals surface area contributed by atoms with E-state index in [4.69, 9.17) is 17.3 Å². The summed E-state index contributed by atoms with van der Waals surface area (Å²) in [4.78, 5) is 2.21. The molecule has 3 heteroatoms. The van der Waals surface area contributed by atoms with E-state index in [-0.39, 0.29) is 0 Å². The van der Waals surface area contributed by atoms with Crippen molar-refractivity contribution in [3.63, 3.8) is 0 Å². The van der Waals surface area contributed by atoms with E-state index >= 15 is 0 Å². The van der Waals surface area contributed by atoms with Crippen LogP contribution in [0, 0.1) is 0 Å². The first-order chi connectivity index (χ1) is 7.11. The number of hydrogen-bond acceptors (Lipinski definition) is 2. The van der Waals surface area contributed by atoms with Crippen LogP contribution in [0.4, 0.5) is 11.4 Å². The molecule has 2 N–H and O–H groups in total. The van der Waals surface area contributed by atoms with Crippen molar-refractivity contribution in [3.8, 4) is 0 Å². The summed E-state index contributed by atoms with van der Waals surface area (Å²) in [5, 5.41) is 0.630. The standard InChI is InChI=1S/C12H19ClN2/c1-4-9(5-2)15(3)11-8-6-7-10(13)12(11)14/h6-9H,4-5,14H2,1-3H3. The highest BCUT2D eigenvalue weighted by Crippen LogP contribution is 2.31. The van der Waals surface area contributed by atoms with Crippen molar-refractivity contribution in [1.29, 1.82) is 0 Å². The molecule has 0 bridgehead atoms. The minimum Gasteiger partial charge on any atom is -0.396 e. The SMILES string of the molecule is CCC(CC)N(C)c1cccc(Cl)c1N. The lowest BCUT2D eigenvalue weighted by atomic mass is 10.1. The molecule has 1 aromatic rings. The Labute approximate surface area is 97.0 Å². The summed E-state index contributed by atoms with van der Waals surface area (Å²) >= 11 is 6.00. The Bertz CT molecular complexity index is 321. The molecule has 0 fully saturated rings. The Morgan fingerprint density at radius 3 is 2.47 bits per heavy atom. The van der Waals surface area contributed by atoms with Crippen LogP contribution >= 0.6 is 11.6 Å². The van der Waals surface area contributed by atoms with Crippen molar-refractivity contribution in [1.82, 2.24) is 0 Å². The zero-order chi connectivity index (χ0) is 11.4. The van der Waals surface area contributed by atoms with Gasteiger partial charge in [0.05, 0.1) is 16.4 Å². The monoisotopic (exact) mass is 226 g/mol. The third kappa shape index (κ3) is 2.57. The number of nitrogens with two attached hydrogens (primary N) is 1. The van der Waals surface area contributed by atoms with Crippen LogP contribution < -0.4 is 10.6 Å². The molecule has 0 unspecified atom stereocenters. The van der Waals surface area contributed by atoms with Crippen molar-refractivity contribution in [2.24, 2.45) is 0 Å². The Balaban J connectivity index is 2.99. The topological polar surface area (TPSA) is 29.3 Å². The van der Waals surface area contributed by atoms with Crippen molar-refractivity contribution < 1.29 is 0 Å². The van der Waals surface area contributed by atoms with Gasteiger partial charge in [-0.05, 0) is 25.0 Å². The van der Waals surface area contributed by atoms with E-state index in [2.05, 4.69) is 25.8 Å². The van der Waals surface area contributed by atoms with Crippen LogP contribution in [0.3, 0.4) is 0 Å². The largest absolute Gasteiger partial charge is 0.396 e. The molecule has 1 rings (SSSR count). The predicted octanol–water partition coefficient (Wildman–Crippen LogP) is 3.55. The molecule has 0 saturated carbocycles. The highest BCUT2D eigenvalue weighted by atomic mass is 35.5. The minimum absolute atomic E-state index is 0.519. The highest BCUT2D eigenvalue weighted by molar-refractivity contribution is 6.33. The van der Waals surface area contributed by atoms with Crippen molar-refractivity contribution in [3.05, 3.63) is 23.2 Å². The first kappa shape index (κ1) is 12.2. The molecule has 0 aromatic heterocycles. The van der Waals surface area contributed by atoms with E-state index in [1.54, 1.807) is 0 Å². The number of para-hydroxylation sites is 1. The van der Waals surface area contributed by atoms with Crippen LogP contribution in [0.15, 0.2) is 18.2 Å². The van der Waals surface area contributed by atoms with Crippen LogP contribution in [0.2, 0.25) is 5.02 Å². The Kier molecular flexibility index (Phi) is 4.28. The molecule has 0 aliphatic heterocycles. The molecule has 0 aliphatic rings. The smallest absolute Gasteiger partial charge is 0.0741 e. The summed E-state index contributed by atoms with van der Waals surface area (Å²) in [7, 11) is 2.07. The summed E-state index contributed by atoms with van der Waals surface area (Å²) in [6.07, 6.45) is 2.22. The lowest BCUT2D eigenvalue weighted by Gasteiger charge is -2.29. The number of nitrogen functional groups attached to an aromatic ring is 1. The van der Waals surface area contributed by atoms with Gasteiger partial charge in [0.1, 0.15) is 0 Å². The average Bonchev–Trinajstić information content (AvgIpc) is 2.23. The first-order valence-corrected chi connectivity index (χ1v) is 5.76. The van der Waals surface area contributed by atoms with Gasteiger partial charge in [-0.2, -0.15) is 0 Å². The molecule has 0 radical (unpaired) electrons. The quantitative estimate of drug-likeness (QED) is 0.796. The molecule has 84 valence electrons. The van der Waals surface area contributed by atoms with Gasteiger partial charge in [-0.3, -0.25) is 0 Å². The average molecular weight is 227 g/mol. The van der Waals surface area contributed by atoms with E-state index in [1.807, 2.05) is 18.2 Å². The molecule has 0 heterocycles. The lowest BCUT2D eigenvalue weighted by molar-refractivity contribution is 0.592. The van der Waals surface area contributed by atoms with Gasteiger partial charge in [-0.25, -0.2) is 0 Å². The predicted molar refractivity (Wildman–Crippen MR) is 68.6 cm³/mol. The van der Waals surface area contributed by atoms with Gasteiger partial charge in [0.15, 0.2) is 0 Å². The second-order valence-corrected chi connectivity index (χ2v) is 4.16. The maximum atomic E-state index is 6.00. The van der Waals surface area contributed by atoms with Crippen LogP contribution in [0.1, 0.15) is 26.7 Å². The summed E-state index contributed by atoms with van der Waals surface area (Å²) in [5.74, 6) is 0. The number of nitrogens with zero attached hydrogens (tertiary/aromatic N) is 1. The Hall–Kier alpha value is -0.890. The number of halogens is 1. The van der Waals surface area contributed by atoms with Crippen LogP contribution in [-0.4, -0.2) is 13.1 Å². The molecule has 0 atom stereocenters. The fraction of sp³-hybridized carbons (Fsp3) is 0.500. The van der Waals surface area contributed by atoms with Crippen LogP contribution in [0.25, 0.3) is 0 Å². The molecule has 1 aromatic carbocycles. The minimum atomic E-state index is 0.519. The Morgan fingerprint density at radius 2 is 1.93 bits per heavy atom. The third-order valence-corrected chi connectivity index (χ3v) is 3.23. The number of hydrogen-bond donors (Lipinski definition) is 1. The maximum Gasteiger partial charge on any atom is 0.0741 e. The van der Waals surface area contributed by atoms with E-state index in [9.17, 15) is 0 Å². The van der Waals surface area contributed by atoms with Crippen molar-refractivity contribution in [2.45, 2.75) is 32.7 Å². The zero-order valence-electron chi connectivity index (χ0n) is 9.63. The maximum absolute atomic E-state index is 6.00. The second kappa shape index (κ2) is 5.26. The molecular formula is C12H19ClN2. The highest BCUT2D eigenvalue weighted by Gasteiger charge is 2.14. The van der Waals surface area contributed by atoms with Gasteiger partial charge < -0.3 is 10.6 Å². The van der Waals surface area contributed by atoms with Gasteiger partial charge in [0, 0.05) is 13.1 Å². The fourth-order valence-electron chi connectivity index (χ4n) is 1.87. The molecule has 15 heavy (non-hydrogen) atoms. The lowest BCUT2D eigenvalue weighted by Crippen LogP contribution is -2.30. The van der Waals surface area contributed by atoms with E-state index in [0.717, 1.165) is 18.5 Å². The van der Waals surface area contributed by atoms with Gasteiger partial charge in [0.25, 0.3) is 0 Å². The van der Waals surface area contributed by atoms with Gasteiger partial charge >= 0.3 is 0 Å². The van der Waals surface area contributed by atoms with Crippen molar-refractivity contribution in [2.75, 3.05) is 17.7 Å². The molecule has 2 nitrogen and oxygen atoms in total. The fourth-order valence-corrected chi connectivity index (χ4v) is 2.04. The molecule has 0 amide bonds. The van der Waals surface area contributed by atoms with Crippen LogP contribution in [0.5, 0.6) is 0 Å². The molecule has 0 saturated heterocycles. The van der Waals surface area contributed by atoms with E-state index in [0.29, 0.717) is 16.8 Å². The number of rotatable bonds is 4. The zero-order valence-corrected chi connectivity index (χ0v) is 10.4. The van der Waals surface area contributed by atoms with Gasteiger partial charge in [-0.15, -0.1) is 0 Å². The van der Waals surface area contributed by atoms with Gasteiger partial charge in [-0.1, -0.05) is 31.5 Å². The van der Waals surface area contributed by atoms with E-state index in [1.165, 1.54) is 0 Å². The van der Waals surface area contributed by atoms with E-state index < -0.39 is 0 Å². The third-order valence-electron chi connectivity index (χ3n) is 2.90. The first-order valence-electron chi connectivity index (χ1n) is 5.38. The summed E-state index contributed by atoms with van der Waals surface area (Å²) in [6.45, 7) is 4.37. The normalized spacial score (nSPS) is 10.7. The molecular weight excluding hydrogens is 208 g/mol. The number of benzene rings is 1. The Morgan fingerprint density at radius 1 is 1.33 bits per heavy atom. The summed E-state index contributed by atoms with van der Waals surface area (Å²) < 4.78 is 0. The molecule has 0 spiro atoms. The molecule has 0 aliphatic carbocycles. The summed E-state index contributed by atoms with van der Waals surface area (Å²) in [5.41, 5.74) is 7.66. The second-order valence-electron chi connectivity index (χ2n) is 3.75. The number of anilines is 2. The van der Waals surface area contributed by atoms with Crippen molar-refractivity contribution >= 4 is 23.0 Å². The van der Waals surface area contributed by atoms with Crippen LogP contribution in [-0.2, 0) is 0 Å².